The van der Waals surface area contributed by atoms with Crippen LogP contribution in [0.4, 0.5) is 0 Å². The quantitative estimate of drug-likeness (QED) is 0.455. The molecule has 26 heavy (non-hydrogen) atoms. The molecule has 0 bridgehead atoms. The SMILES string of the molecule is COc1ccc(OCCOC(=O)CCn2c(=O)oc3ccccc32)cc1. The second kappa shape index (κ2) is 8.24. The maximum Gasteiger partial charge on any atom is 0.419 e. The molecular weight excluding hydrogens is 338 g/mol. The van der Waals surface area contributed by atoms with E-state index in [-0.39, 0.29) is 26.2 Å². The number of benzene rings is 2. The fraction of sp³-hybridized carbons (Fsp3) is 0.263. The maximum absolute atomic E-state index is 11.8. The van der Waals surface area contributed by atoms with Crippen LogP contribution in [0.2, 0.25) is 0 Å². The number of aryl methyl sites for hydroxylation is 1. The minimum absolute atomic E-state index is 0.0754. The number of rotatable bonds is 8. The number of oxazole rings is 1. The van der Waals surface area contributed by atoms with E-state index >= 15 is 0 Å². The number of methoxy groups -OCH3 is 1. The maximum atomic E-state index is 11.8. The molecule has 3 rings (SSSR count). The monoisotopic (exact) mass is 357 g/mol. The lowest BCUT2D eigenvalue weighted by molar-refractivity contribution is -0.144. The van der Waals surface area contributed by atoms with E-state index in [2.05, 4.69) is 0 Å². The average Bonchev–Trinajstić information content (AvgIpc) is 2.99. The summed E-state index contributed by atoms with van der Waals surface area (Å²) in [6.07, 6.45) is 0.0754. The van der Waals surface area contributed by atoms with Crippen molar-refractivity contribution in [1.82, 2.24) is 4.57 Å². The number of carbonyl (C=O) groups excluding carboxylic acids is 1. The van der Waals surface area contributed by atoms with Gasteiger partial charge in [0.15, 0.2) is 5.58 Å². The summed E-state index contributed by atoms with van der Waals surface area (Å²) in [6, 6.07) is 14.2. The van der Waals surface area contributed by atoms with E-state index < -0.39 is 11.7 Å². The lowest BCUT2D eigenvalue weighted by Gasteiger charge is -2.08. The molecule has 0 aliphatic carbocycles. The van der Waals surface area contributed by atoms with E-state index in [0.717, 1.165) is 5.75 Å². The number of para-hydroxylation sites is 2. The zero-order valence-electron chi connectivity index (χ0n) is 14.3. The van der Waals surface area contributed by atoms with Crippen molar-refractivity contribution >= 4 is 17.1 Å². The first-order valence-electron chi connectivity index (χ1n) is 8.18. The number of esters is 1. The summed E-state index contributed by atoms with van der Waals surface area (Å²) in [7, 11) is 1.59. The standard InChI is InChI=1S/C19H19NO6/c1-23-14-6-8-15(9-7-14)24-12-13-25-18(21)10-11-20-16-4-2-3-5-17(16)26-19(20)22/h2-9H,10-13H2,1H3. The summed E-state index contributed by atoms with van der Waals surface area (Å²) in [5.74, 6) is 0.520. The molecule has 1 heterocycles. The molecule has 0 aliphatic rings. The summed E-state index contributed by atoms with van der Waals surface area (Å²) >= 11 is 0. The van der Waals surface area contributed by atoms with Crippen LogP contribution < -0.4 is 15.2 Å². The van der Waals surface area contributed by atoms with Crippen molar-refractivity contribution in [2.45, 2.75) is 13.0 Å². The fourth-order valence-electron chi connectivity index (χ4n) is 2.49. The topological polar surface area (TPSA) is 79.9 Å². The van der Waals surface area contributed by atoms with Crippen molar-refractivity contribution in [2.24, 2.45) is 0 Å². The van der Waals surface area contributed by atoms with Gasteiger partial charge in [0.05, 0.1) is 19.0 Å². The predicted molar refractivity (Wildman–Crippen MR) is 94.5 cm³/mol. The lowest BCUT2D eigenvalue weighted by atomic mass is 10.3. The van der Waals surface area contributed by atoms with E-state index in [9.17, 15) is 9.59 Å². The van der Waals surface area contributed by atoms with Crippen LogP contribution in [0, 0.1) is 0 Å². The molecule has 0 N–H and O–H groups in total. The van der Waals surface area contributed by atoms with Gasteiger partial charge < -0.3 is 18.6 Å². The summed E-state index contributed by atoms with van der Waals surface area (Å²) in [5, 5.41) is 0. The van der Waals surface area contributed by atoms with E-state index in [4.69, 9.17) is 18.6 Å². The Bertz CT molecular complexity index is 925. The predicted octanol–water partition coefficient (Wildman–Crippen LogP) is 2.62. The summed E-state index contributed by atoms with van der Waals surface area (Å²) in [6.45, 7) is 0.576. The van der Waals surface area contributed by atoms with Gasteiger partial charge in [-0.2, -0.15) is 0 Å². The third-order valence-electron chi connectivity index (χ3n) is 3.79. The Morgan fingerprint density at radius 1 is 1.04 bits per heavy atom. The molecule has 0 unspecified atom stereocenters. The smallest absolute Gasteiger partial charge is 0.419 e. The molecule has 3 aromatic rings. The Hall–Kier alpha value is -3.22. The van der Waals surface area contributed by atoms with Crippen molar-refractivity contribution < 1.29 is 23.4 Å². The summed E-state index contributed by atoms with van der Waals surface area (Å²) in [4.78, 5) is 23.7. The van der Waals surface area contributed by atoms with Crippen LogP contribution in [0.25, 0.3) is 11.1 Å². The molecule has 0 spiro atoms. The van der Waals surface area contributed by atoms with E-state index in [1.165, 1.54) is 4.57 Å². The van der Waals surface area contributed by atoms with Crippen LogP contribution in [-0.4, -0.2) is 30.9 Å². The van der Waals surface area contributed by atoms with Gasteiger partial charge in [0, 0.05) is 6.54 Å². The minimum atomic E-state index is -0.484. The Morgan fingerprint density at radius 2 is 1.77 bits per heavy atom. The summed E-state index contributed by atoms with van der Waals surface area (Å²) in [5.41, 5.74) is 1.16. The first kappa shape index (κ1) is 17.6. The van der Waals surface area contributed by atoms with Crippen LogP contribution in [0.5, 0.6) is 11.5 Å². The van der Waals surface area contributed by atoms with Crippen molar-refractivity contribution in [1.29, 1.82) is 0 Å². The lowest BCUT2D eigenvalue weighted by Crippen LogP contribution is -2.18. The molecule has 0 amide bonds. The Morgan fingerprint density at radius 3 is 2.54 bits per heavy atom. The number of ether oxygens (including phenoxy) is 3. The van der Waals surface area contributed by atoms with Gasteiger partial charge in [-0.1, -0.05) is 12.1 Å². The molecule has 1 aromatic heterocycles. The number of aromatic nitrogens is 1. The molecule has 7 nitrogen and oxygen atoms in total. The van der Waals surface area contributed by atoms with Gasteiger partial charge in [0.25, 0.3) is 0 Å². The van der Waals surface area contributed by atoms with E-state index in [1.54, 1.807) is 49.6 Å². The van der Waals surface area contributed by atoms with Crippen molar-refractivity contribution in [2.75, 3.05) is 20.3 Å². The minimum Gasteiger partial charge on any atom is -0.497 e. The highest BCUT2D eigenvalue weighted by atomic mass is 16.6. The highest BCUT2D eigenvalue weighted by molar-refractivity contribution is 5.73. The van der Waals surface area contributed by atoms with Gasteiger partial charge in [-0.05, 0) is 36.4 Å². The number of carbonyl (C=O) groups is 1. The van der Waals surface area contributed by atoms with Gasteiger partial charge in [0.2, 0.25) is 0 Å². The second-order valence-electron chi connectivity index (χ2n) is 5.48. The number of fused-ring (bicyclic) bond motifs is 1. The molecule has 0 saturated carbocycles. The first-order chi connectivity index (χ1) is 12.7. The molecule has 0 atom stereocenters. The zero-order valence-corrected chi connectivity index (χ0v) is 14.3. The van der Waals surface area contributed by atoms with Gasteiger partial charge in [0.1, 0.15) is 24.7 Å². The Balaban J connectivity index is 1.42. The van der Waals surface area contributed by atoms with E-state index in [0.29, 0.717) is 16.8 Å². The average molecular weight is 357 g/mol. The highest BCUT2D eigenvalue weighted by Gasteiger charge is 2.11. The zero-order chi connectivity index (χ0) is 18.4. The highest BCUT2D eigenvalue weighted by Crippen LogP contribution is 2.16. The molecule has 0 radical (unpaired) electrons. The third-order valence-corrected chi connectivity index (χ3v) is 3.79. The van der Waals surface area contributed by atoms with Crippen molar-refractivity contribution in [3.63, 3.8) is 0 Å². The van der Waals surface area contributed by atoms with Gasteiger partial charge in [-0.3, -0.25) is 9.36 Å². The van der Waals surface area contributed by atoms with Crippen LogP contribution in [0.15, 0.2) is 57.7 Å². The van der Waals surface area contributed by atoms with Gasteiger partial charge >= 0.3 is 11.7 Å². The van der Waals surface area contributed by atoms with Crippen LogP contribution in [-0.2, 0) is 16.1 Å². The molecule has 7 heteroatoms. The normalized spacial score (nSPS) is 10.7. The molecule has 2 aromatic carbocycles. The van der Waals surface area contributed by atoms with Gasteiger partial charge in [-0.25, -0.2) is 4.79 Å². The third kappa shape index (κ3) is 4.24. The van der Waals surface area contributed by atoms with Crippen molar-refractivity contribution in [3.05, 3.63) is 59.1 Å². The first-order valence-corrected chi connectivity index (χ1v) is 8.18. The number of hydrogen-bond acceptors (Lipinski definition) is 6. The molecular formula is C19H19NO6. The molecule has 136 valence electrons. The van der Waals surface area contributed by atoms with Crippen LogP contribution >= 0.6 is 0 Å². The van der Waals surface area contributed by atoms with Crippen molar-refractivity contribution in [3.8, 4) is 11.5 Å². The Kier molecular flexibility index (Phi) is 5.58. The van der Waals surface area contributed by atoms with Crippen LogP contribution in [0.3, 0.4) is 0 Å². The van der Waals surface area contributed by atoms with Gasteiger partial charge in [-0.15, -0.1) is 0 Å². The molecule has 0 saturated heterocycles. The summed E-state index contributed by atoms with van der Waals surface area (Å²) < 4.78 is 22.2. The fourth-order valence-corrected chi connectivity index (χ4v) is 2.49. The Labute approximate surface area is 149 Å². The largest absolute Gasteiger partial charge is 0.497 e. The molecule has 0 aliphatic heterocycles. The van der Waals surface area contributed by atoms with E-state index in [1.807, 2.05) is 6.07 Å². The number of hydrogen-bond donors (Lipinski definition) is 0. The molecule has 0 fully saturated rings. The van der Waals surface area contributed by atoms with Crippen LogP contribution in [0.1, 0.15) is 6.42 Å². The number of nitrogens with zero attached hydrogens (tertiary/aromatic N) is 1. The second-order valence-corrected chi connectivity index (χ2v) is 5.48.